The second kappa shape index (κ2) is 9.46. The van der Waals surface area contributed by atoms with Gasteiger partial charge in [0.15, 0.2) is 0 Å². The van der Waals surface area contributed by atoms with E-state index in [4.69, 9.17) is 0 Å². The zero-order chi connectivity index (χ0) is 19.9. The monoisotopic (exact) mass is 380 g/mol. The van der Waals surface area contributed by atoms with E-state index in [1.54, 1.807) is 30.5 Å². The molecule has 2 amide bonds. The summed E-state index contributed by atoms with van der Waals surface area (Å²) >= 11 is 0. The second-order valence-electron chi connectivity index (χ2n) is 7.63. The molecule has 6 nitrogen and oxygen atoms in total. The Hall–Kier alpha value is -2.73. The Morgan fingerprint density at radius 2 is 2.11 bits per heavy atom. The molecule has 1 aliphatic rings. The fraction of sp³-hybridized carbons (Fsp3) is 0.409. The molecule has 0 radical (unpaired) electrons. The highest BCUT2D eigenvalue weighted by Crippen LogP contribution is 2.16. The molecule has 3 rings (SSSR count). The molecule has 2 N–H and O–H groups in total. The molecule has 0 saturated carbocycles. The molecule has 1 fully saturated rings. The Balaban J connectivity index is 1.57. The van der Waals surface area contributed by atoms with E-state index in [2.05, 4.69) is 26.6 Å². The van der Waals surface area contributed by atoms with Crippen LogP contribution < -0.4 is 10.6 Å². The summed E-state index contributed by atoms with van der Waals surface area (Å²) in [6.07, 6.45) is 5.69. The molecule has 1 saturated heterocycles. The Morgan fingerprint density at radius 3 is 2.86 bits per heavy atom. The highest BCUT2D eigenvalue weighted by molar-refractivity contribution is 5.97. The van der Waals surface area contributed by atoms with E-state index in [9.17, 15) is 9.59 Å². The van der Waals surface area contributed by atoms with E-state index >= 15 is 0 Å². The summed E-state index contributed by atoms with van der Waals surface area (Å²) in [5, 5.41) is 5.99. The molecule has 148 valence electrons. The van der Waals surface area contributed by atoms with Crippen molar-refractivity contribution in [3.8, 4) is 0 Å². The maximum Gasteiger partial charge on any atom is 0.251 e. The molecule has 1 aromatic heterocycles. The second-order valence-corrected chi connectivity index (χ2v) is 7.63. The lowest BCUT2D eigenvalue weighted by Crippen LogP contribution is -2.47. The van der Waals surface area contributed by atoms with Gasteiger partial charge >= 0.3 is 0 Å². The number of anilines is 1. The summed E-state index contributed by atoms with van der Waals surface area (Å²) in [6, 6.07) is 11.2. The minimum atomic E-state index is -0.106. The lowest BCUT2D eigenvalue weighted by atomic mass is 10.0. The summed E-state index contributed by atoms with van der Waals surface area (Å²) in [6.45, 7) is 6.37. The molecule has 1 atom stereocenters. The summed E-state index contributed by atoms with van der Waals surface area (Å²) in [4.78, 5) is 31.1. The average Bonchev–Trinajstić information content (AvgIpc) is 2.69. The Morgan fingerprint density at radius 1 is 1.25 bits per heavy atom. The van der Waals surface area contributed by atoms with Crippen molar-refractivity contribution in [1.82, 2.24) is 15.2 Å². The molecule has 2 aromatic rings. The van der Waals surface area contributed by atoms with Crippen molar-refractivity contribution in [2.75, 3.05) is 18.4 Å². The number of hydrogen-bond donors (Lipinski definition) is 2. The highest BCUT2D eigenvalue weighted by Gasteiger charge is 2.22. The molecule has 6 heteroatoms. The number of piperidine rings is 1. The van der Waals surface area contributed by atoms with Gasteiger partial charge in [0.05, 0.1) is 0 Å². The van der Waals surface area contributed by atoms with Gasteiger partial charge in [-0.1, -0.05) is 26.0 Å². The predicted molar refractivity (Wildman–Crippen MR) is 110 cm³/mol. The first kappa shape index (κ1) is 20.0. The standard InChI is InChI=1S/C22H28N4O2/c1-16(2)21(27)24-19-8-3-7-18(12-19)22(28)25-20-9-5-11-26(15-20)14-17-6-4-10-23-13-17/h3-4,6-8,10,12-13,16,20H,5,9,11,14-15H2,1-2H3,(H,24,27)(H,25,28). The lowest BCUT2D eigenvalue weighted by molar-refractivity contribution is -0.118. The summed E-state index contributed by atoms with van der Waals surface area (Å²) in [5.41, 5.74) is 2.39. The molecule has 2 heterocycles. The van der Waals surface area contributed by atoms with Crippen LogP contribution in [-0.2, 0) is 11.3 Å². The van der Waals surface area contributed by atoms with Crippen LogP contribution in [0.25, 0.3) is 0 Å². The van der Waals surface area contributed by atoms with E-state index in [0.29, 0.717) is 11.3 Å². The van der Waals surface area contributed by atoms with Crippen LogP contribution in [0.1, 0.15) is 42.6 Å². The van der Waals surface area contributed by atoms with Crippen molar-refractivity contribution < 1.29 is 9.59 Å². The third kappa shape index (κ3) is 5.63. The number of nitrogens with zero attached hydrogens (tertiary/aromatic N) is 2. The van der Waals surface area contributed by atoms with Gasteiger partial charge in [0.2, 0.25) is 5.91 Å². The van der Waals surface area contributed by atoms with E-state index < -0.39 is 0 Å². The van der Waals surface area contributed by atoms with Crippen LogP contribution >= 0.6 is 0 Å². The van der Waals surface area contributed by atoms with Gasteiger partial charge in [-0.2, -0.15) is 0 Å². The minimum Gasteiger partial charge on any atom is -0.348 e. The number of hydrogen-bond acceptors (Lipinski definition) is 4. The average molecular weight is 380 g/mol. The van der Waals surface area contributed by atoms with Gasteiger partial charge in [0.1, 0.15) is 0 Å². The number of benzene rings is 1. The third-order valence-corrected chi connectivity index (χ3v) is 4.89. The zero-order valence-corrected chi connectivity index (χ0v) is 16.5. The Bertz CT molecular complexity index is 807. The van der Waals surface area contributed by atoms with E-state index in [-0.39, 0.29) is 23.8 Å². The summed E-state index contributed by atoms with van der Waals surface area (Å²) in [7, 11) is 0. The maximum atomic E-state index is 12.7. The van der Waals surface area contributed by atoms with Crippen LogP contribution in [0.15, 0.2) is 48.8 Å². The first-order chi connectivity index (χ1) is 13.5. The third-order valence-electron chi connectivity index (χ3n) is 4.89. The minimum absolute atomic E-state index is 0.0594. The molecule has 1 aromatic carbocycles. The first-order valence-corrected chi connectivity index (χ1v) is 9.84. The molecule has 0 aliphatic carbocycles. The van der Waals surface area contributed by atoms with Crippen molar-refractivity contribution in [2.24, 2.45) is 5.92 Å². The van der Waals surface area contributed by atoms with E-state index in [0.717, 1.165) is 32.5 Å². The molecule has 0 spiro atoms. The fourth-order valence-corrected chi connectivity index (χ4v) is 3.36. The highest BCUT2D eigenvalue weighted by atomic mass is 16.2. The Kier molecular flexibility index (Phi) is 6.76. The SMILES string of the molecule is CC(C)C(=O)Nc1cccc(C(=O)NC2CCCN(Cc3cccnc3)C2)c1. The molecule has 1 unspecified atom stereocenters. The van der Waals surface area contributed by atoms with Crippen molar-refractivity contribution >= 4 is 17.5 Å². The van der Waals surface area contributed by atoms with E-state index in [1.807, 2.05) is 26.1 Å². The normalized spacial score (nSPS) is 17.3. The van der Waals surface area contributed by atoms with Gasteiger partial charge in [0.25, 0.3) is 5.91 Å². The molecule has 1 aliphatic heterocycles. The molecule has 0 bridgehead atoms. The van der Waals surface area contributed by atoms with Crippen LogP contribution in [0.3, 0.4) is 0 Å². The Labute approximate surface area is 166 Å². The van der Waals surface area contributed by atoms with Crippen molar-refractivity contribution in [1.29, 1.82) is 0 Å². The first-order valence-electron chi connectivity index (χ1n) is 9.84. The maximum absolute atomic E-state index is 12.7. The largest absolute Gasteiger partial charge is 0.348 e. The number of nitrogens with one attached hydrogen (secondary N) is 2. The number of rotatable bonds is 6. The van der Waals surface area contributed by atoms with Gasteiger partial charge in [-0.15, -0.1) is 0 Å². The zero-order valence-electron chi connectivity index (χ0n) is 16.5. The number of likely N-dealkylation sites (tertiary alicyclic amines) is 1. The molecular weight excluding hydrogens is 352 g/mol. The van der Waals surface area contributed by atoms with Crippen LogP contribution in [0, 0.1) is 5.92 Å². The van der Waals surface area contributed by atoms with Gasteiger partial charge in [0, 0.05) is 48.7 Å². The lowest BCUT2D eigenvalue weighted by Gasteiger charge is -2.33. The van der Waals surface area contributed by atoms with Crippen molar-refractivity contribution in [2.45, 2.75) is 39.3 Å². The van der Waals surface area contributed by atoms with Gasteiger partial charge < -0.3 is 10.6 Å². The quantitative estimate of drug-likeness (QED) is 0.808. The topological polar surface area (TPSA) is 74.3 Å². The van der Waals surface area contributed by atoms with Crippen LogP contribution in [-0.4, -0.2) is 40.8 Å². The summed E-state index contributed by atoms with van der Waals surface area (Å²) in [5.74, 6) is -0.268. The van der Waals surface area contributed by atoms with Gasteiger partial charge in [-0.05, 0) is 49.2 Å². The van der Waals surface area contributed by atoms with Crippen LogP contribution in [0.2, 0.25) is 0 Å². The van der Waals surface area contributed by atoms with Crippen molar-refractivity contribution in [3.63, 3.8) is 0 Å². The van der Waals surface area contributed by atoms with E-state index in [1.165, 1.54) is 5.56 Å². The smallest absolute Gasteiger partial charge is 0.251 e. The van der Waals surface area contributed by atoms with Gasteiger partial charge in [-0.3, -0.25) is 19.5 Å². The van der Waals surface area contributed by atoms with Gasteiger partial charge in [-0.25, -0.2) is 0 Å². The van der Waals surface area contributed by atoms with Crippen LogP contribution in [0.4, 0.5) is 5.69 Å². The van der Waals surface area contributed by atoms with Crippen LogP contribution in [0.5, 0.6) is 0 Å². The number of carbonyl (C=O) groups excluding carboxylic acids is 2. The summed E-state index contributed by atoms with van der Waals surface area (Å²) < 4.78 is 0. The number of aromatic nitrogens is 1. The number of amides is 2. The number of pyridine rings is 1. The number of carbonyl (C=O) groups is 2. The van der Waals surface area contributed by atoms with Crippen molar-refractivity contribution in [3.05, 3.63) is 59.9 Å². The predicted octanol–water partition coefficient (Wildman–Crippen LogP) is 3.07. The fourth-order valence-electron chi connectivity index (χ4n) is 3.36. The molecular formula is C22H28N4O2. The molecule has 28 heavy (non-hydrogen) atoms.